The van der Waals surface area contributed by atoms with Crippen LogP contribution in [0, 0.1) is 17.2 Å². The first-order chi connectivity index (χ1) is 6.30. The van der Waals surface area contributed by atoms with E-state index in [4.69, 9.17) is 10.4 Å². The van der Waals surface area contributed by atoms with Crippen LogP contribution in [-0.4, -0.2) is 11.7 Å². The molecule has 13 heavy (non-hydrogen) atoms. The summed E-state index contributed by atoms with van der Waals surface area (Å²) >= 11 is 1.73. The molecule has 1 N–H and O–H groups in total. The third-order valence-electron chi connectivity index (χ3n) is 1.92. The highest BCUT2D eigenvalue weighted by atomic mass is 32.1. The van der Waals surface area contributed by atoms with Crippen LogP contribution in [0.1, 0.15) is 16.7 Å². The van der Waals surface area contributed by atoms with E-state index in [1.54, 1.807) is 11.3 Å². The molecular weight excluding hydrogens is 182 g/mol. The molecule has 1 atom stereocenters. The Morgan fingerprint density at radius 1 is 1.54 bits per heavy atom. The number of aliphatic hydroxyl groups excluding tert-OH is 1. The van der Waals surface area contributed by atoms with Gasteiger partial charge in [0, 0.05) is 9.75 Å². The molecule has 0 amide bonds. The largest absolute Gasteiger partial charge is 0.395 e. The fraction of sp³-hybridized carbons (Fsp3) is 0.500. The van der Waals surface area contributed by atoms with Crippen molar-refractivity contribution in [2.45, 2.75) is 19.8 Å². The Morgan fingerprint density at radius 3 is 2.69 bits per heavy atom. The molecule has 0 radical (unpaired) electrons. The number of nitriles is 1. The van der Waals surface area contributed by atoms with E-state index in [2.05, 4.69) is 19.1 Å². The van der Waals surface area contributed by atoms with Crippen LogP contribution in [0.2, 0.25) is 0 Å². The van der Waals surface area contributed by atoms with Crippen LogP contribution in [0.15, 0.2) is 12.1 Å². The number of hydrogen-bond donors (Lipinski definition) is 1. The van der Waals surface area contributed by atoms with Gasteiger partial charge < -0.3 is 5.11 Å². The molecular formula is C10H13NOS. The van der Waals surface area contributed by atoms with Crippen molar-refractivity contribution in [3.05, 3.63) is 21.9 Å². The summed E-state index contributed by atoms with van der Waals surface area (Å²) in [5, 5.41) is 17.5. The Bertz CT molecular complexity index is 300. The summed E-state index contributed by atoms with van der Waals surface area (Å²) in [6.45, 7) is 2.07. The van der Waals surface area contributed by atoms with Gasteiger partial charge in [0.25, 0.3) is 0 Å². The maximum Gasteiger partial charge on any atom is 0.0742 e. The summed E-state index contributed by atoms with van der Waals surface area (Å²) in [6.07, 6.45) is 1.72. The highest BCUT2D eigenvalue weighted by molar-refractivity contribution is 7.11. The Hall–Kier alpha value is -0.850. The number of aliphatic hydroxyl groups is 1. The number of rotatable bonds is 4. The standard InChI is InChI=1S/C10H13NOS/c1-2-9-3-4-10(13-9)5-8(6-11)7-12/h3-4,8,12H,2,5,7H2,1H3. The third kappa shape index (κ3) is 2.83. The maximum atomic E-state index is 8.83. The van der Waals surface area contributed by atoms with Gasteiger partial charge in [-0.3, -0.25) is 0 Å². The van der Waals surface area contributed by atoms with Gasteiger partial charge in [0.05, 0.1) is 18.6 Å². The second-order valence-corrected chi connectivity index (χ2v) is 4.19. The molecule has 0 aliphatic carbocycles. The first-order valence-electron chi connectivity index (χ1n) is 4.38. The molecule has 0 saturated heterocycles. The molecule has 0 spiro atoms. The lowest BCUT2D eigenvalue weighted by Crippen LogP contribution is -2.05. The molecule has 0 bridgehead atoms. The topological polar surface area (TPSA) is 44.0 Å². The van der Waals surface area contributed by atoms with Gasteiger partial charge in [-0.05, 0) is 25.0 Å². The maximum absolute atomic E-state index is 8.83. The predicted molar refractivity (Wildman–Crippen MR) is 53.6 cm³/mol. The number of hydrogen-bond acceptors (Lipinski definition) is 3. The summed E-state index contributed by atoms with van der Waals surface area (Å²) in [4.78, 5) is 2.53. The van der Waals surface area contributed by atoms with E-state index in [-0.39, 0.29) is 12.5 Å². The Kier molecular flexibility index (Phi) is 3.94. The summed E-state index contributed by atoms with van der Waals surface area (Å²) in [5.74, 6) is -0.247. The van der Waals surface area contributed by atoms with Crippen molar-refractivity contribution in [1.82, 2.24) is 0 Å². The summed E-state index contributed by atoms with van der Waals surface area (Å²) in [6, 6.07) is 6.22. The average Bonchev–Trinajstić information content (AvgIpc) is 2.61. The molecule has 2 nitrogen and oxygen atoms in total. The van der Waals surface area contributed by atoms with Crippen LogP contribution in [-0.2, 0) is 12.8 Å². The lowest BCUT2D eigenvalue weighted by Gasteiger charge is -2.01. The Labute approximate surface area is 82.4 Å². The van der Waals surface area contributed by atoms with Crippen molar-refractivity contribution < 1.29 is 5.11 Å². The molecule has 1 rings (SSSR count). The summed E-state index contributed by atoms with van der Waals surface area (Å²) in [5.41, 5.74) is 0. The monoisotopic (exact) mass is 195 g/mol. The predicted octanol–water partition coefficient (Wildman–Crippen LogP) is 1.99. The molecule has 0 fully saturated rings. The number of thiophene rings is 1. The van der Waals surface area contributed by atoms with Crippen molar-refractivity contribution in [2.24, 2.45) is 5.92 Å². The van der Waals surface area contributed by atoms with Crippen LogP contribution in [0.25, 0.3) is 0 Å². The van der Waals surface area contributed by atoms with E-state index in [9.17, 15) is 0 Å². The average molecular weight is 195 g/mol. The molecule has 3 heteroatoms. The zero-order valence-electron chi connectivity index (χ0n) is 7.66. The third-order valence-corrected chi connectivity index (χ3v) is 3.17. The van der Waals surface area contributed by atoms with Gasteiger partial charge in [0.15, 0.2) is 0 Å². The van der Waals surface area contributed by atoms with Crippen molar-refractivity contribution in [3.63, 3.8) is 0 Å². The Morgan fingerprint density at radius 2 is 2.23 bits per heavy atom. The minimum atomic E-state index is -0.247. The zero-order valence-corrected chi connectivity index (χ0v) is 8.47. The van der Waals surface area contributed by atoms with E-state index in [1.807, 2.05) is 6.07 Å². The van der Waals surface area contributed by atoms with E-state index >= 15 is 0 Å². The Balaban J connectivity index is 2.58. The number of aryl methyl sites for hydroxylation is 1. The van der Waals surface area contributed by atoms with Crippen molar-refractivity contribution in [3.8, 4) is 6.07 Å². The molecule has 0 aliphatic rings. The van der Waals surface area contributed by atoms with Gasteiger partial charge in [-0.15, -0.1) is 11.3 Å². The SMILES string of the molecule is CCc1ccc(CC(C#N)CO)s1. The van der Waals surface area contributed by atoms with E-state index in [1.165, 1.54) is 9.75 Å². The first kappa shape index (κ1) is 10.2. The second-order valence-electron chi connectivity index (χ2n) is 2.93. The van der Waals surface area contributed by atoms with Crippen LogP contribution < -0.4 is 0 Å². The van der Waals surface area contributed by atoms with E-state index in [0.29, 0.717) is 6.42 Å². The summed E-state index contributed by atoms with van der Waals surface area (Å²) in [7, 11) is 0. The van der Waals surface area contributed by atoms with Gasteiger partial charge >= 0.3 is 0 Å². The molecule has 1 heterocycles. The first-order valence-corrected chi connectivity index (χ1v) is 5.19. The molecule has 0 aromatic carbocycles. The highest BCUT2D eigenvalue weighted by Crippen LogP contribution is 2.19. The highest BCUT2D eigenvalue weighted by Gasteiger charge is 2.08. The van der Waals surface area contributed by atoms with Crippen molar-refractivity contribution in [2.75, 3.05) is 6.61 Å². The molecule has 1 unspecified atom stereocenters. The van der Waals surface area contributed by atoms with E-state index in [0.717, 1.165) is 6.42 Å². The number of nitrogens with zero attached hydrogens (tertiary/aromatic N) is 1. The van der Waals surface area contributed by atoms with Gasteiger partial charge in [-0.2, -0.15) is 5.26 Å². The van der Waals surface area contributed by atoms with Gasteiger partial charge in [-0.1, -0.05) is 6.92 Å². The molecule has 0 aliphatic heterocycles. The smallest absolute Gasteiger partial charge is 0.0742 e. The van der Waals surface area contributed by atoms with Crippen LogP contribution in [0.4, 0.5) is 0 Å². The van der Waals surface area contributed by atoms with Gasteiger partial charge in [0.2, 0.25) is 0 Å². The lowest BCUT2D eigenvalue weighted by molar-refractivity contribution is 0.256. The van der Waals surface area contributed by atoms with Gasteiger partial charge in [-0.25, -0.2) is 0 Å². The molecule has 1 aromatic rings. The van der Waals surface area contributed by atoms with E-state index < -0.39 is 0 Å². The van der Waals surface area contributed by atoms with Crippen LogP contribution >= 0.6 is 11.3 Å². The van der Waals surface area contributed by atoms with Crippen molar-refractivity contribution in [1.29, 1.82) is 5.26 Å². The zero-order chi connectivity index (χ0) is 9.68. The fourth-order valence-electron chi connectivity index (χ4n) is 1.12. The summed E-state index contributed by atoms with van der Waals surface area (Å²) < 4.78 is 0. The second kappa shape index (κ2) is 5.00. The molecule has 1 aromatic heterocycles. The minimum Gasteiger partial charge on any atom is -0.395 e. The normalized spacial score (nSPS) is 12.4. The molecule has 70 valence electrons. The lowest BCUT2D eigenvalue weighted by atomic mass is 10.1. The molecule has 0 saturated carbocycles. The van der Waals surface area contributed by atoms with Gasteiger partial charge in [0.1, 0.15) is 0 Å². The minimum absolute atomic E-state index is 0.0458. The van der Waals surface area contributed by atoms with Crippen LogP contribution in [0.5, 0.6) is 0 Å². The quantitative estimate of drug-likeness (QED) is 0.798. The fourth-order valence-corrected chi connectivity index (χ4v) is 2.15. The van der Waals surface area contributed by atoms with Crippen molar-refractivity contribution >= 4 is 11.3 Å². The van der Waals surface area contributed by atoms with Crippen LogP contribution in [0.3, 0.4) is 0 Å².